The number of amides is 2. The molecule has 0 unspecified atom stereocenters. The molecule has 0 bridgehead atoms. The van der Waals surface area contributed by atoms with Crippen molar-refractivity contribution in [2.75, 3.05) is 16.4 Å². The molecule has 0 saturated heterocycles. The van der Waals surface area contributed by atoms with E-state index in [1.165, 1.54) is 39.6 Å². The molecular weight excluding hydrogens is 452 g/mol. The van der Waals surface area contributed by atoms with E-state index in [4.69, 9.17) is 0 Å². The minimum absolute atomic E-state index is 0.0950. The van der Waals surface area contributed by atoms with Crippen molar-refractivity contribution in [2.24, 2.45) is 0 Å². The molecule has 0 fully saturated rings. The third kappa shape index (κ3) is 5.07. The van der Waals surface area contributed by atoms with Crippen LogP contribution in [0, 0.1) is 0 Å². The van der Waals surface area contributed by atoms with Gasteiger partial charge in [0.1, 0.15) is 0 Å². The van der Waals surface area contributed by atoms with E-state index in [0.29, 0.717) is 22.3 Å². The molecule has 0 radical (unpaired) electrons. The van der Waals surface area contributed by atoms with Gasteiger partial charge in [0.2, 0.25) is 16.9 Å². The van der Waals surface area contributed by atoms with Gasteiger partial charge >= 0.3 is 0 Å². The molecular formula is C25H22N4O2S2. The largest absolute Gasteiger partial charge is 0.325 e. The van der Waals surface area contributed by atoms with Crippen molar-refractivity contribution in [2.45, 2.75) is 30.0 Å². The Morgan fingerprint density at radius 3 is 2.55 bits per heavy atom. The van der Waals surface area contributed by atoms with Crippen LogP contribution in [0.1, 0.15) is 23.1 Å². The minimum Gasteiger partial charge on any atom is -0.325 e. The summed E-state index contributed by atoms with van der Waals surface area (Å²) in [7, 11) is 0. The number of rotatable bonds is 8. The van der Waals surface area contributed by atoms with Crippen molar-refractivity contribution < 1.29 is 9.59 Å². The zero-order valence-corrected chi connectivity index (χ0v) is 19.5. The second kappa shape index (κ2) is 9.72. The van der Waals surface area contributed by atoms with Crippen molar-refractivity contribution in [3.05, 3.63) is 77.4 Å². The smallest absolute Gasteiger partial charge is 0.234 e. The van der Waals surface area contributed by atoms with E-state index in [0.717, 1.165) is 29.5 Å². The van der Waals surface area contributed by atoms with Gasteiger partial charge in [-0.15, -0.1) is 10.2 Å². The number of carbonyl (C=O) groups is 2. The fourth-order valence-corrected chi connectivity index (χ4v) is 5.64. The van der Waals surface area contributed by atoms with Crippen molar-refractivity contribution in [3.63, 3.8) is 0 Å². The molecule has 4 aromatic rings. The van der Waals surface area contributed by atoms with Crippen LogP contribution in [0.3, 0.4) is 0 Å². The van der Waals surface area contributed by atoms with Crippen molar-refractivity contribution in [1.82, 2.24) is 10.2 Å². The molecule has 2 amide bonds. The zero-order chi connectivity index (χ0) is 22.6. The molecule has 166 valence electrons. The van der Waals surface area contributed by atoms with E-state index < -0.39 is 0 Å². The van der Waals surface area contributed by atoms with Crippen LogP contribution < -0.4 is 10.6 Å². The predicted octanol–water partition coefficient (Wildman–Crippen LogP) is 5.09. The fourth-order valence-electron chi connectivity index (χ4n) is 4.07. The third-order valence-electron chi connectivity index (χ3n) is 5.61. The summed E-state index contributed by atoms with van der Waals surface area (Å²) in [6, 6.07) is 20.3. The summed E-state index contributed by atoms with van der Waals surface area (Å²) in [4.78, 5) is 24.8. The molecule has 1 aromatic heterocycles. The zero-order valence-electron chi connectivity index (χ0n) is 17.8. The molecule has 6 nitrogen and oxygen atoms in total. The van der Waals surface area contributed by atoms with Gasteiger partial charge in [0, 0.05) is 17.5 Å². The van der Waals surface area contributed by atoms with Crippen LogP contribution in [-0.4, -0.2) is 27.8 Å². The second-order valence-corrected chi connectivity index (χ2v) is 10.1. The fraction of sp³-hybridized carbons (Fsp3) is 0.200. The highest BCUT2D eigenvalue weighted by Crippen LogP contribution is 2.35. The summed E-state index contributed by atoms with van der Waals surface area (Å²) in [6.45, 7) is 0. The first-order chi connectivity index (χ1) is 16.2. The van der Waals surface area contributed by atoms with Crippen LogP contribution in [0.4, 0.5) is 10.8 Å². The molecule has 3 aromatic carbocycles. The van der Waals surface area contributed by atoms with Crippen molar-refractivity contribution >= 4 is 56.5 Å². The number of anilines is 2. The first kappa shape index (κ1) is 21.6. The monoisotopic (exact) mass is 474 g/mol. The summed E-state index contributed by atoms with van der Waals surface area (Å²) in [5.74, 6) is 0.0261. The Labute approximate surface area is 199 Å². The molecule has 5 rings (SSSR count). The van der Waals surface area contributed by atoms with Gasteiger partial charge in [0.05, 0.1) is 5.75 Å². The van der Waals surface area contributed by atoms with Crippen LogP contribution in [0.15, 0.2) is 65.0 Å². The van der Waals surface area contributed by atoms with Crippen molar-refractivity contribution in [1.29, 1.82) is 0 Å². The lowest BCUT2D eigenvalue weighted by Gasteiger charge is -2.10. The molecule has 1 heterocycles. The van der Waals surface area contributed by atoms with Gasteiger partial charge in [-0.2, -0.15) is 0 Å². The first-order valence-corrected chi connectivity index (χ1v) is 12.6. The Hall–Kier alpha value is -3.23. The van der Waals surface area contributed by atoms with E-state index >= 15 is 0 Å². The summed E-state index contributed by atoms with van der Waals surface area (Å²) in [5, 5.41) is 16.8. The van der Waals surface area contributed by atoms with Crippen LogP contribution in [0.25, 0.3) is 10.8 Å². The number of thioether (sulfide) groups is 1. The summed E-state index contributed by atoms with van der Waals surface area (Å²) < 4.78 is 0.643. The quantitative estimate of drug-likeness (QED) is 0.274. The standard InChI is InChI=1S/C25H22N4O2S2/c30-21(14-9-16-5-2-1-3-6-16)27-24-28-29-25(33-24)32-15-22(31)26-20-13-12-18-11-10-17-7-4-8-19(20)23(17)18/h1-8,12-13H,9-11,14-15H2,(H,26,31)(H,27,28,30). The highest BCUT2D eigenvalue weighted by atomic mass is 32.2. The van der Waals surface area contributed by atoms with Gasteiger partial charge in [-0.1, -0.05) is 77.7 Å². The number of benzene rings is 3. The first-order valence-electron chi connectivity index (χ1n) is 10.8. The second-order valence-electron chi connectivity index (χ2n) is 7.86. The molecule has 8 heteroatoms. The lowest BCUT2D eigenvalue weighted by molar-refractivity contribution is -0.116. The number of aryl methyl sites for hydroxylation is 3. The van der Waals surface area contributed by atoms with Crippen molar-refractivity contribution in [3.8, 4) is 0 Å². The number of hydrogen-bond donors (Lipinski definition) is 2. The third-order valence-corrected chi connectivity index (χ3v) is 7.59. The highest BCUT2D eigenvalue weighted by Gasteiger charge is 2.17. The molecule has 2 N–H and O–H groups in total. The lowest BCUT2D eigenvalue weighted by atomic mass is 10.0. The van der Waals surface area contributed by atoms with Crippen LogP contribution in [0.2, 0.25) is 0 Å². The molecule has 0 spiro atoms. The Morgan fingerprint density at radius 1 is 0.879 bits per heavy atom. The Morgan fingerprint density at radius 2 is 1.70 bits per heavy atom. The predicted molar refractivity (Wildman–Crippen MR) is 134 cm³/mol. The van der Waals surface area contributed by atoms with E-state index in [1.807, 2.05) is 42.5 Å². The van der Waals surface area contributed by atoms with Gasteiger partial charge in [-0.25, -0.2) is 0 Å². The number of hydrogen-bond acceptors (Lipinski definition) is 6. The van der Waals surface area contributed by atoms with E-state index in [2.05, 4.69) is 39.0 Å². The molecule has 1 aliphatic carbocycles. The Balaban J connectivity index is 1.13. The molecule has 33 heavy (non-hydrogen) atoms. The maximum atomic E-state index is 12.6. The van der Waals surface area contributed by atoms with Crippen LogP contribution in [-0.2, 0) is 28.9 Å². The van der Waals surface area contributed by atoms with E-state index in [9.17, 15) is 9.59 Å². The summed E-state index contributed by atoms with van der Waals surface area (Å²) in [6.07, 6.45) is 3.16. The molecule has 0 aliphatic heterocycles. The van der Waals surface area contributed by atoms with Gasteiger partial charge < -0.3 is 10.6 Å². The Kier molecular flexibility index (Phi) is 6.37. The average Bonchev–Trinajstić information content (AvgIpc) is 3.47. The highest BCUT2D eigenvalue weighted by molar-refractivity contribution is 8.01. The average molecular weight is 475 g/mol. The number of carbonyl (C=O) groups excluding carboxylic acids is 2. The van der Waals surface area contributed by atoms with Gasteiger partial charge in [0.25, 0.3) is 0 Å². The van der Waals surface area contributed by atoms with E-state index in [1.54, 1.807) is 0 Å². The summed E-state index contributed by atoms with van der Waals surface area (Å²) in [5.41, 5.74) is 4.65. The Bertz CT molecular complexity index is 1310. The topological polar surface area (TPSA) is 84.0 Å². The van der Waals surface area contributed by atoms with E-state index in [-0.39, 0.29) is 17.6 Å². The lowest BCUT2D eigenvalue weighted by Crippen LogP contribution is -2.14. The van der Waals surface area contributed by atoms with Crippen LogP contribution in [0.5, 0.6) is 0 Å². The van der Waals surface area contributed by atoms with Crippen LogP contribution >= 0.6 is 23.1 Å². The maximum absolute atomic E-state index is 12.6. The molecule has 0 saturated carbocycles. The SMILES string of the molecule is O=C(CCc1ccccc1)Nc1nnc(SCC(=O)Nc2ccc3c4c(cccc24)CC3)s1. The normalized spacial score (nSPS) is 12.1. The van der Waals surface area contributed by atoms with Gasteiger partial charge in [-0.3, -0.25) is 9.59 Å². The number of aromatic nitrogens is 2. The minimum atomic E-state index is -0.101. The molecule has 1 aliphatic rings. The number of nitrogens with zero attached hydrogens (tertiary/aromatic N) is 2. The summed E-state index contributed by atoms with van der Waals surface area (Å²) >= 11 is 2.59. The maximum Gasteiger partial charge on any atom is 0.234 e. The molecule has 0 atom stereocenters. The van der Waals surface area contributed by atoms with Gasteiger partial charge in [0.15, 0.2) is 4.34 Å². The van der Waals surface area contributed by atoms with Gasteiger partial charge in [-0.05, 0) is 47.4 Å². The number of nitrogens with one attached hydrogen (secondary N) is 2.